The summed E-state index contributed by atoms with van der Waals surface area (Å²) in [6, 6.07) is 0. The molecule has 2 aromatic rings. The molecule has 4 rings (SSSR count). The van der Waals surface area contributed by atoms with Gasteiger partial charge in [0.1, 0.15) is 10.7 Å². The average molecular weight is 288 g/mol. The van der Waals surface area contributed by atoms with Gasteiger partial charge in [0, 0.05) is 5.41 Å². The first-order valence-corrected chi connectivity index (χ1v) is 7.90. The van der Waals surface area contributed by atoms with Gasteiger partial charge in [0.05, 0.1) is 11.9 Å². The molecule has 3 nitrogen and oxygen atoms in total. The van der Waals surface area contributed by atoms with Crippen molar-refractivity contribution in [1.82, 2.24) is 15.0 Å². The van der Waals surface area contributed by atoms with Crippen LogP contribution in [0.15, 0.2) is 6.20 Å². The summed E-state index contributed by atoms with van der Waals surface area (Å²) in [6.45, 7) is 2.15. The Labute approximate surface area is 123 Å². The number of nitrogens with zero attached hydrogens (tertiary/aromatic N) is 3. The minimum atomic E-state index is 0.327. The first kappa shape index (κ1) is 12.5. The maximum atomic E-state index is 5.98. The van der Waals surface area contributed by atoms with Crippen molar-refractivity contribution in [2.45, 2.75) is 57.3 Å². The Hall–Kier alpha value is -1.22. The Bertz CT molecular complexity index is 690. The van der Waals surface area contributed by atoms with Gasteiger partial charge in [0.25, 0.3) is 0 Å². The molecule has 0 radical (unpaired) electrons. The number of aryl methyl sites for hydroxylation is 1. The fourth-order valence-corrected chi connectivity index (χ4v) is 4.26. The summed E-state index contributed by atoms with van der Waals surface area (Å²) in [5.41, 5.74) is 5.94. The third-order valence-electron chi connectivity index (χ3n) is 5.20. The van der Waals surface area contributed by atoms with Gasteiger partial charge in [-0.25, -0.2) is 15.0 Å². The van der Waals surface area contributed by atoms with Crippen LogP contribution in [-0.2, 0) is 11.8 Å². The Morgan fingerprint density at radius 2 is 1.90 bits per heavy atom. The first-order chi connectivity index (χ1) is 9.70. The van der Waals surface area contributed by atoms with E-state index in [-0.39, 0.29) is 0 Å². The van der Waals surface area contributed by atoms with E-state index in [0.717, 1.165) is 17.6 Å². The van der Waals surface area contributed by atoms with E-state index in [1.54, 1.807) is 6.20 Å². The predicted octanol–water partition coefficient (Wildman–Crippen LogP) is 4.13. The van der Waals surface area contributed by atoms with Crippen molar-refractivity contribution in [1.29, 1.82) is 0 Å². The third kappa shape index (κ3) is 1.69. The standard InChI is InChI=1S/C16H18ClN3/c1-10-11-5-8-16(6-3-2-4-7-16)14(11)20-15-13(10)19-12(17)9-18-15/h9H,2-8H2,1H3. The summed E-state index contributed by atoms with van der Waals surface area (Å²) in [6.07, 6.45) is 10.6. The Morgan fingerprint density at radius 3 is 2.70 bits per heavy atom. The van der Waals surface area contributed by atoms with Gasteiger partial charge in [-0.3, -0.25) is 0 Å². The third-order valence-corrected chi connectivity index (χ3v) is 5.38. The topological polar surface area (TPSA) is 38.7 Å². The van der Waals surface area contributed by atoms with E-state index >= 15 is 0 Å². The lowest BCUT2D eigenvalue weighted by atomic mass is 9.72. The Morgan fingerprint density at radius 1 is 1.10 bits per heavy atom. The SMILES string of the molecule is Cc1c2c(nc3ncc(Cl)nc13)C1(CCCCC1)CC2. The summed E-state index contributed by atoms with van der Waals surface area (Å²) >= 11 is 5.98. The van der Waals surface area contributed by atoms with Gasteiger partial charge < -0.3 is 0 Å². The monoisotopic (exact) mass is 287 g/mol. The maximum Gasteiger partial charge on any atom is 0.178 e. The molecule has 2 aliphatic carbocycles. The number of hydrogen-bond donors (Lipinski definition) is 0. The van der Waals surface area contributed by atoms with Crippen molar-refractivity contribution < 1.29 is 0 Å². The summed E-state index contributed by atoms with van der Waals surface area (Å²) < 4.78 is 0. The van der Waals surface area contributed by atoms with Crippen LogP contribution in [0, 0.1) is 6.92 Å². The molecule has 0 unspecified atom stereocenters. The molecule has 2 aliphatic rings. The molecule has 1 saturated carbocycles. The highest BCUT2D eigenvalue weighted by Crippen LogP contribution is 2.49. The van der Waals surface area contributed by atoms with Gasteiger partial charge >= 0.3 is 0 Å². The summed E-state index contributed by atoms with van der Waals surface area (Å²) in [4.78, 5) is 13.7. The van der Waals surface area contributed by atoms with Crippen LogP contribution in [0.3, 0.4) is 0 Å². The van der Waals surface area contributed by atoms with Crippen LogP contribution in [0.1, 0.15) is 55.3 Å². The second-order valence-corrected chi connectivity index (χ2v) is 6.66. The smallest absolute Gasteiger partial charge is 0.178 e. The van der Waals surface area contributed by atoms with Crippen LogP contribution in [0.4, 0.5) is 0 Å². The highest BCUT2D eigenvalue weighted by molar-refractivity contribution is 6.29. The van der Waals surface area contributed by atoms with Crippen LogP contribution in [0.2, 0.25) is 5.15 Å². The second-order valence-electron chi connectivity index (χ2n) is 6.27. The van der Waals surface area contributed by atoms with Crippen molar-refractivity contribution in [2.24, 2.45) is 0 Å². The lowest BCUT2D eigenvalue weighted by Crippen LogP contribution is -2.27. The number of rotatable bonds is 0. The van der Waals surface area contributed by atoms with E-state index in [0.29, 0.717) is 10.6 Å². The van der Waals surface area contributed by atoms with Crippen LogP contribution < -0.4 is 0 Å². The van der Waals surface area contributed by atoms with Gasteiger partial charge in [0.15, 0.2) is 5.65 Å². The molecule has 20 heavy (non-hydrogen) atoms. The predicted molar refractivity (Wildman–Crippen MR) is 80.2 cm³/mol. The van der Waals surface area contributed by atoms with Crippen LogP contribution in [0.5, 0.6) is 0 Å². The van der Waals surface area contributed by atoms with Crippen LogP contribution in [0.25, 0.3) is 11.2 Å². The van der Waals surface area contributed by atoms with Crippen molar-refractivity contribution in [3.05, 3.63) is 28.2 Å². The molecular weight excluding hydrogens is 270 g/mol. The molecule has 0 aliphatic heterocycles. The fourth-order valence-electron chi connectivity index (χ4n) is 4.13. The lowest BCUT2D eigenvalue weighted by Gasteiger charge is -2.33. The quantitative estimate of drug-likeness (QED) is 0.731. The van der Waals surface area contributed by atoms with Crippen molar-refractivity contribution in [3.63, 3.8) is 0 Å². The average Bonchev–Trinajstić information content (AvgIpc) is 2.80. The summed E-state index contributed by atoms with van der Waals surface area (Å²) in [5, 5.41) is 0.452. The molecule has 0 N–H and O–H groups in total. The molecule has 0 aromatic carbocycles. The van der Waals surface area contributed by atoms with Gasteiger partial charge in [-0.15, -0.1) is 0 Å². The van der Waals surface area contributed by atoms with E-state index in [1.807, 2.05) is 0 Å². The molecule has 0 bridgehead atoms. The Kier molecular flexibility index (Phi) is 2.75. The minimum absolute atomic E-state index is 0.327. The van der Waals surface area contributed by atoms with Gasteiger partial charge in [-0.05, 0) is 43.7 Å². The zero-order valence-electron chi connectivity index (χ0n) is 11.7. The number of halogens is 1. The highest BCUT2D eigenvalue weighted by atomic mass is 35.5. The van der Waals surface area contributed by atoms with Gasteiger partial charge in [-0.1, -0.05) is 30.9 Å². The number of pyridine rings is 1. The zero-order valence-corrected chi connectivity index (χ0v) is 12.5. The van der Waals surface area contributed by atoms with E-state index in [2.05, 4.69) is 16.9 Å². The Balaban J connectivity index is 1.96. The minimum Gasteiger partial charge on any atom is -0.232 e. The van der Waals surface area contributed by atoms with E-state index < -0.39 is 0 Å². The summed E-state index contributed by atoms with van der Waals surface area (Å²) in [7, 11) is 0. The number of aromatic nitrogens is 3. The molecule has 104 valence electrons. The molecule has 2 aromatic heterocycles. The highest BCUT2D eigenvalue weighted by Gasteiger charge is 2.42. The van der Waals surface area contributed by atoms with Crippen LogP contribution >= 0.6 is 11.6 Å². The molecule has 2 heterocycles. The first-order valence-electron chi connectivity index (χ1n) is 7.52. The second kappa shape index (κ2) is 4.39. The summed E-state index contributed by atoms with van der Waals surface area (Å²) in [5.74, 6) is 0. The van der Waals surface area contributed by atoms with Gasteiger partial charge in [0.2, 0.25) is 0 Å². The molecule has 4 heteroatoms. The zero-order chi connectivity index (χ0) is 13.7. The number of hydrogen-bond acceptors (Lipinski definition) is 3. The largest absolute Gasteiger partial charge is 0.232 e. The molecular formula is C16H18ClN3. The fraction of sp³-hybridized carbons (Fsp3) is 0.562. The lowest BCUT2D eigenvalue weighted by molar-refractivity contribution is 0.286. The van der Waals surface area contributed by atoms with E-state index in [1.165, 1.54) is 55.3 Å². The molecule has 0 atom stereocenters. The molecule has 0 saturated heterocycles. The molecule has 0 amide bonds. The van der Waals surface area contributed by atoms with E-state index in [4.69, 9.17) is 16.6 Å². The van der Waals surface area contributed by atoms with Crippen LogP contribution in [-0.4, -0.2) is 15.0 Å². The number of fused-ring (bicyclic) bond motifs is 3. The normalized spacial score (nSPS) is 20.5. The van der Waals surface area contributed by atoms with Crippen molar-refractivity contribution in [2.75, 3.05) is 0 Å². The van der Waals surface area contributed by atoms with Crippen molar-refractivity contribution >= 4 is 22.8 Å². The maximum absolute atomic E-state index is 5.98. The van der Waals surface area contributed by atoms with E-state index in [9.17, 15) is 0 Å². The molecule has 1 spiro atoms. The molecule has 1 fully saturated rings. The van der Waals surface area contributed by atoms with Gasteiger partial charge in [-0.2, -0.15) is 0 Å². The van der Waals surface area contributed by atoms with Crippen molar-refractivity contribution in [3.8, 4) is 0 Å².